The molecule has 3 heterocycles. The van der Waals surface area contributed by atoms with Crippen molar-refractivity contribution in [3.05, 3.63) is 57.8 Å². The van der Waals surface area contributed by atoms with Crippen LogP contribution in [0.1, 0.15) is 22.3 Å². The molecule has 1 fully saturated rings. The van der Waals surface area contributed by atoms with Gasteiger partial charge in [0.15, 0.2) is 6.23 Å². The monoisotopic (exact) mass is 413 g/mol. The van der Waals surface area contributed by atoms with Crippen molar-refractivity contribution >= 4 is 34.8 Å². The fourth-order valence-electron chi connectivity index (χ4n) is 3.92. The van der Waals surface area contributed by atoms with Crippen LogP contribution in [0.15, 0.2) is 36.5 Å². The maximum atomic E-state index is 15.1. The number of pyridine rings is 1. The number of aromatic nitrogens is 1. The summed E-state index contributed by atoms with van der Waals surface area (Å²) in [7, 11) is 0. The van der Waals surface area contributed by atoms with Crippen molar-refractivity contribution < 1.29 is 18.7 Å². The Balaban J connectivity index is 1.85. The van der Waals surface area contributed by atoms with Crippen molar-refractivity contribution in [2.45, 2.75) is 24.0 Å². The van der Waals surface area contributed by atoms with Gasteiger partial charge in [-0.25, -0.2) is 13.8 Å². The summed E-state index contributed by atoms with van der Waals surface area (Å²) in [5.41, 5.74) is -0.879. The number of piperidine rings is 1. The zero-order valence-electron chi connectivity index (χ0n) is 13.9. The summed E-state index contributed by atoms with van der Waals surface area (Å²) in [5, 5.41) is 12.7. The van der Waals surface area contributed by atoms with Crippen LogP contribution in [0.3, 0.4) is 0 Å². The van der Waals surface area contributed by atoms with Gasteiger partial charge in [-0.05, 0) is 48.9 Å². The van der Waals surface area contributed by atoms with Gasteiger partial charge in [-0.3, -0.25) is 10.1 Å². The Bertz CT molecular complexity index is 927. The summed E-state index contributed by atoms with van der Waals surface area (Å²) in [6.07, 6.45) is -0.582. The number of nitrogens with one attached hydrogen (secondary N) is 1. The van der Waals surface area contributed by atoms with Crippen LogP contribution in [-0.2, 0) is 5.41 Å². The molecule has 1 spiro atoms. The summed E-state index contributed by atoms with van der Waals surface area (Å²) in [5.74, 6) is -3.96. The van der Waals surface area contributed by atoms with E-state index < -0.39 is 23.5 Å². The van der Waals surface area contributed by atoms with Crippen molar-refractivity contribution in [2.24, 2.45) is 0 Å². The van der Waals surface area contributed by atoms with Gasteiger partial charge in [0.1, 0.15) is 5.15 Å². The number of anilines is 1. The van der Waals surface area contributed by atoms with E-state index in [1.807, 2.05) is 0 Å². The van der Waals surface area contributed by atoms with Crippen LogP contribution in [0.4, 0.5) is 14.5 Å². The van der Waals surface area contributed by atoms with Crippen molar-refractivity contribution in [3.8, 4) is 0 Å². The minimum absolute atomic E-state index is 0.0469. The van der Waals surface area contributed by atoms with E-state index in [1.165, 1.54) is 29.3 Å². The number of hydrogen-bond acceptors (Lipinski definition) is 4. The molecule has 1 aromatic carbocycles. The van der Waals surface area contributed by atoms with Crippen LogP contribution in [0.25, 0.3) is 0 Å². The summed E-state index contributed by atoms with van der Waals surface area (Å²) in [6.45, 7) is -0.0843. The topological polar surface area (TPSA) is 65.5 Å². The highest BCUT2D eigenvalue weighted by Crippen LogP contribution is 2.54. The van der Waals surface area contributed by atoms with Crippen LogP contribution in [0, 0.1) is 0 Å². The molecule has 1 saturated heterocycles. The summed E-state index contributed by atoms with van der Waals surface area (Å²) >= 11 is 11.9. The van der Waals surface area contributed by atoms with Crippen molar-refractivity contribution in [1.82, 2.24) is 10.3 Å². The summed E-state index contributed by atoms with van der Waals surface area (Å²) in [6, 6.07) is 7.42. The highest BCUT2D eigenvalue weighted by atomic mass is 35.5. The van der Waals surface area contributed by atoms with E-state index in [2.05, 4.69) is 10.3 Å². The average molecular weight is 414 g/mol. The lowest BCUT2D eigenvalue weighted by Crippen LogP contribution is -2.64. The minimum atomic E-state index is -3.49. The number of carbonyl (C=O) groups is 1. The number of aliphatic hydroxyl groups excluding tert-OH is 1. The van der Waals surface area contributed by atoms with Gasteiger partial charge in [-0.15, -0.1) is 0 Å². The number of rotatable bonds is 1. The second-order valence-corrected chi connectivity index (χ2v) is 7.56. The molecule has 0 radical (unpaired) electrons. The lowest BCUT2D eigenvalue weighted by molar-refractivity contribution is -0.186. The standard InChI is InChI=1S/C18H15Cl2F2N3O2/c19-11-1-2-13-12(8-11)17(4-6-24-16(27)18(17,21)22)9-25(13)15(26)10-3-5-23-14(20)7-10/h1-3,5,7-8,16,24,27H,4,6,9H2. The fourth-order valence-corrected chi connectivity index (χ4v) is 4.26. The Hall–Kier alpha value is -1.80. The third kappa shape index (κ3) is 2.72. The highest BCUT2D eigenvalue weighted by Gasteiger charge is 2.65. The predicted molar refractivity (Wildman–Crippen MR) is 97.6 cm³/mol. The molecule has 0 saturated carbocycles. The van der Waals surface area contributed by atoms with E-state index in [1.54, 1.807) is 12.1 Å². The zero-order chi connectivity index (χ0) is 19.4. The van der Waals surface area contributed by atoms with Crippen LogP contribution in [0.5, 0.6) is 0 Å². The van der Waals surface area contributed by atoms with E-state index in [0.717, 1.165) is 0 Å². The molecule has 0 bridgehead atoms. The molecule has 2 aromatic rings. The normalized spacial score (nSPS) is 26.3. The SMILES string of the molecule is O=C(c1ccnc(Cl)c1)N1CC2(CCNC(O)C2(F)F)c2cc(Cl)ccc21. The van der Waals surface area contributed by atoms with Crippen molar-refractivity contribution in [2.75, 3.05) is 18.0 Å². The molecule has 2 unspecified atom stereocenters. The van der Waals surface area contributed by atoms with Crippen LogP contribution >= 0.6 is 23.2 Å². The fraction of sp³-hybridized carbons (Fsp3) is 0.333. The molecular weight excluding hydrogens is 399 g/mol. The van der Waals surface area contributed by atoms with E-state index >= 15 is 8.78 Å². The summed E-state index contributed by atoms with van der Waals surface area (Å²) in [4.78, 5) is 18.2. The van der Waals surface area contributed by atoms with Crippen LogP contribution in [-0.4, -0.2) is 41.2 Å². The Kier molecular flexibility index (Phi) is 4.38. The quantitative estimate of drug-likeness (QED) is 0.704. The molecular formula is C18H15Cl2F2N3O2. The number of alkyl halides is 2. The van der Waals surface area contributed by atoms with Gasteiger partial charge < -0.3 is 10.0 Å². The first-order chi connectivity index (χ1) is 12.8. The molecule has 1 aromatic heterocycles. The maximum Gasteiger partial charge on any atom is 0.297 e. The molecule has 2 aliphatic rings. The molecule has 5 nitrogen and oxygen atoms in total. The van der Waals surface area contributed by atoms with Gasteiger partial charge in [0.2, 0.25) is 0 Å². The van der Waals surface area contributed by atoms with E-state index in [4.69, 9.17) is 23.2 Å². The first kappa shape index (κ1) is 18.6. The lowest BCUT2D eigenvalue weighted by atomic mass is 9.71. The molecule has 0 aliphatic carbocycles. The lowest BCUT2D eigenvalue weighted by Gasteiger charge is -2.44. The number of aliphatic hydroxyl groups is 1. The highest BCUT2D eigenvalue weighted by molar-refractivity contribution is 6.31. The smallest absolute Gasteiger partial charge is 0.297 e. The Morgan fingerprint density at radius 1 is 1.30 bits per heavy atom. The molecule has 1 amide bonds. The third-order valence-electron chi connectivity index (χ3n) is 5.28. The molecule has 2 aliphatic heterocycles. The number of benzene rings is 1. The average Bonchev–Trinajstić information content (AvgIpc) is 2.95. The molecule has 2 N–H and O–H groups in total. The molecule has 2 atom stereocenters. The number of fused-ring (bicyclic) bond motifs is 2. The third-order valence-corrected chi connectivity index (χ3v) is 5.72. The Labute approximate surface area is 163 Å². The second-order valence-electron chi connectivity index (χ2n) is 6.73. The summed E-state index contributed by atoms with van der Waals surface area (Å²) < 4.78 is 30.3. The molecule has 9 heteroatoms. The molecule has 4 rings (SSSR count). The van der Waals surface area contributed by atoms with Gasteiger partial charge >= 0.3 is 0 Å². The first-order valence-corrected chi connectivity index (χ1v) is 9.04. The second kappa shape index (κ2) is 6.38. The predicted octanol–water partition coefficient (Wildman–Crippen LogP) is 3.23. The minimum Gasteiger partial charge on any atom is -0.372 e. The zero-order valence-corrected chi connectivity index (χ0v) is 15.4. The van der Waals surface area contributed by atoms with Gasteiger partial charge in [0, 0.05) is 29.0 Å². The molecule has 142 valence electrons. The van der Waals surface area contributed by atoms with Gasteiger partial charge in [-0.2, -0.15) is 0 Å². The number of nitrogens with zero attached hydrogens (tertiary/aromatic N) is 2. The number of amides is 1. The number of hydrogen-bond donors (Lipinski definition) is 2. The maximum absolute atomic E-state index is 15.1. The van der Waals surface area contributed by atoms with Gasteiger partial charge in [0.05, 0.1) is 5.41 Å². The van der Waals surface area contributed by atoms with Crippen molar-refractivity contribution in [1.29, 1.82) is 0 Å². The van der Waals surface area contributed by atoms with E-state index in [0.29, 0.717) is 10.7 Å². The van der Waals surface area contributed by atoms with Crippen LogP contribution in [0.2, 0.25) is 10.2 Å². The largest absolute Gasteiger partial charge is 0.372 e. The Morgan fingerprint density at radius 2 is 2.07 bits per heavy atom. The van der Waals surface area contributed by atoms with Crippen molar-refractivity contribution in [3.63, 3.8) is 0 Å². The molecule has 27 heavy (non-hydrogen) atoms. The number of halogens is 4. The van der Waals surface area contributed by atoms with Gasteiger partial charge in [-0.1, -0.05) is 23.2 Å². The van der Waals surface area contributed by atoms with Crippen LogP contribution < -0.4 is 10.2 Å². The first-order valence-electron chi connectivity index (χ1n) is 8.29. The Morgan fingerprint density at radius 3 is 2.81 bits per heavy atom. The number of carbonyl (C=O) groups excluding carboxylic acids is 1. The van der Waals surface area contributed by atoms with E-state index in [-0.39, 0.29) is 35.8 Å². The van der Waals surface area contributed by atoms with E-state index in [9.17, 15) is 9.90 Å². The van der Waals surface area contributed by atoms with Gasteiger partial charge in [0.25, 0.3) is 11.8 Å².